The monoisotopic (exact) mass is 284 g/mol. The van der Waals surface area contributed by atoms with Crippen LogP contribution in [0.1, 0.15) is 31.4 Å². The van der Waals surface area contributed by atoms with Crippen LogP contribution in [0.15, 0.2) is 24.3 Å². The minimum absolute atomic E-state index is 0. The van der Waals surface area contributed by atoms with Crippen LogP contribution in [0.3, 0.4) is 0 Å². The Morgan fingerprint density at radius 1 is 1.42 bits per heavy atom. The third kappa shape index (κ3) is 4.40. The molecule has 0 bridgehead atoms. The second-order valence-corrected chi connectivity index (χ2v) is 4.85. The molecule has 0 aliphatic carbocycles. The van der Waals surface area contributed by atoms with Gasteiger partial charge in [0.15, 0.2) is 0 Å². The van der Waals surface area contributed by atoms with Crippen LogP contribution in [0, 0.1) is 5.92 Å². The molecular weight excluding hydrogens is 264 g/mol. The molecule has 3 N–H and O–H groups in total. The van der Waals surface area contributed by atoms with E-state index in [1.807, 2.05) is 13.0 Å². The lowest BCUT2D eigenvalue weighted by Crippen LogP contribution is -2.39. The van der Waals surface area contributed by atoms with Gasteiger partial charge in [0.05, 0.1) is 6.04 Å². The second kappa shape index (κ2) is 7.36. The minimum Gasteiger partial charge on any atom is -0.508 e. The summed E-state index contributed by atoms with van der Waals surface area (Å²) in [5, 5.41) is 15.7. The molecular formula is C14H21ClN2O2. The van der Waals surface area contributed by atoms with Crippen molar-refractivity contribution in [2.75, 3.05) is 13.1 Å². The Balaban J connectivity index is 0.00000180. The first kappa shape index (κ1) is 15.8. The van der Waals surface area contributed by atoms with Gasteiger partial charge in [0.25, 0.3) is 0 Å². The van der Waals surface area contributed by atoms with Crippen LogP contribution in [0.25, 0.3) is 0 Å². The first-order chi connectivity index (χ1) is 8.66. The van der Waals surface area contributed by atoms with E-state index in [2.05, 4.69) is 10.6 Å². The van der Waals surface area contributed by atoms with Crippen molar-refractivity contribution in [3.63, 3.8) is 0 Å². The summed E-state index contributed by atoms with van der Waals surface area (Å²) >= 11 is 0. The van der Waals surface area contributed by atoms with Crippen molar-refractivity contribution < 1.29 is 9.90 Å². The fourth-order valence-corrected chi connectivity index (χ4v) is 2.29. The molecule has 1 heterocycles. The Morgan fingerprint density at radius 3 is 2.74 bits per heavy atom. The number of nitrogens with one attached hydrogen (secondary N) is 2. The average molecular weight is 285 g/mol. The molecule has 5 heteroatoms. The van der Waals surface area contributed by atoms with E-state index >= 15 is 0 Å². The third-order valence-electron chi connectivity index (χ3n) is 3.44. The van der Waals surface area contributed by atoms with E-state index in [1.54, 1.807) is 18.2 Å². The molecule has 19 heavy (non-hydrogen) atoms. The van der Waals surface area contributed by atoms with Crippen LogP contribution >= 0.6 is 12.4 Å². The van der Waals surface area contributed by atoms with Gasteiger partial charge < -0.3 is 15.7 Å². The summed E-state index contributed by atoms with van der Waals surface area (Å²) in [7, 11) is 0. The normalized spacial score (nSPS) is 17.3. The molecule has 0 spiro atoms. The largest absolute Gasteiger partial charge is 0.508 e. The zero-order valence-electron chi connectivity index (χ0n) is 11.1. The number of phenolic OH excluding ortho intramolecular Hbond substituents is 1. The first-order valence-electron chi connectivity index (χ1n) is 6.47. The van der Waals surface area contributed by atoms with Crippen LogP contribution < -0.4 is 10.6 Å². The van der Waals surface area contributed by atoms with Crippen molar-refractivity contribution in [2.24, 2.45) is 5.92 Å². The molecule has 1 unspecified atom stereocenters. The van der Waals surface area contributed by atoms with Crippen LogP contribution in [0.4, 0.5) is 0 Å². The van der Waals surface area contributed by atoms with Crippen molar-refractivity contribution >= 4 is 18.3 Å². The fraction of sp³-hybridized carbons (Fsp3) is 0.500. The summed E-state index contributed by atoms with van der Waals surface area (Å²) in [6, 6.07) is 6.95. The molecule has 1 aliphatic heterocycles. The van der Waals surface area contributed by atoms with Gasteiger partial charge in [-0.15, -0.1) is 12.4 Å². The van der Waals surface area contributed by atoms with Gasteiger partial charge in [-0.25, -0.2) is 0 Å². The zero-order valence-corrected chi connectivity index (χ0v) is 11.9. The maximum absolute atomic E-state index is 12.1. The Bertz CT molecular complexity index is 420. The minimum atomic E-state index is -0.0699. The van der Waals surface area contributed by atoms with E-state index < -0.39 is 0 Å². The van der Waals surface area contributed by atoms with Crippen molar-refractivity contribution in [1.82, 2.24) is 10.6 Å². The van der Waals surface area contributed by atoms with Gasteiger partial charge in [0.2, 0.25) is 5.91 Å². The van der Waals surface area contributed by atoms with Crippen LogP contribution in [-0.4, -0.2) is 24.1 Å². The molecule has 1 aromatic rings. The van der Waals surface area contributed by atoms with E-state index in [-0.39, 0.29) is 36.0 Å². The Hall–Kier alpha value is -1.26. The smallest absolute Gasteiger partial charge is 0.223 e. The number of hydrogen-bond donors (Lipinski definition) is 3. The highest BCUT2D eigenvalue weighted by molar-refractivity contribution is 5.85. The van der Waals surface area contributed by atoms with Gasteiger partial charge in [-0.05, 0) is 50.6 Å². The van der Waals surface area contributed by atoms with Gasteiger partial charge in [0, 0.05) is 5.92 Å². The summed E-state index contributed by atoms with van der Waals surface area (Å²) in [5.41, 5.74) is 0.928. The number of benzene rings is 1. The Kier molecular flexibility index (Phi) is 6.12. The van der Waals surface area contributed by atoms with Crippen molar-refractivity contribution in [2.45, 2.75) is 25.8 Å². The molecule has 106 valence electrons. The lowest BCUT2D eigenvalue weighted by atomic mass is 9.96. The lowest BCUT2D eigenvalue weighted by Gasteiger charge is -2.24. The standard InChI is InChI=1S/C14H20N2O2.ClH/c1-10(12-3-2-4-13(17)9-12)16-14(18)11-5-7-15-8-6-11;/h2-4,9-11,15,17H,5-8H2,1H3,(H,16,18);1H. The summed E-state index contributed by atoms with van der Waals surface area (Å²) in [5.74, 6) is 0.466. The van der Waals surface area contributed by atoms with Gasteiger partial charge in [-0.2, -0.15) is 0 Å². The third-order valence-corrected chi connectivity index (χ3v) is 3.44. The summed E-state index contributed by atoms with van der Waals surface area (Å²) in [6.45, 7) is 3.77. The van der Waals surface area contributed by atoms with Gasteiger partial charge in [0.1, 0.15) is 5.75 Å². The van der Waals surface area contributed by atoms with Crippen molar-refractivity contribution in [1.29, 1.82) is 0 Å². The SMILES string of the molecule is CC(NC(=O)C1CCNCC1)c1cccc(O)c1.Cl. The highest BCUT2D eigenvalue weighted by Crippen LogP contribution is 2.19. The molecule has 1 amide bonds. The Morgan fingerprint density at radius 2 is 2.11 bits per heavy atom. The van der Waals surface area contributed by atoms with E-state index in [9.17, 15) is 9.90 Å². The Labute approximate surface area is 120 Å². The molecule has 1 atom stereocenters. The van der Waals surface area contributed by atoms with E-state index in [4.69, 9.17) is 0 Å². The maximum atomic E-state index is 12.1. The number of hydrogen-bond acceptors (Lipinski definition) is 3. The van der Waals surface area contributed by atoms with Crippen LogP contribution in [0.5, 0.6) is 5.75 Å². The molecule has 1 saturated heterocycles. The molecule has 1 fully saturated rings. The average Bonchev–Trinajstić information content (AvgIpc) is 2.39. The first-order valence-corrected chi connectivity index (χ1v) is 6.47. The van der Waals surface area contributed by atoms with Crippen LogP contribution in [0.2, 0.25) is 0 Å². The number of carbonyl (C=O) groups excluding carboxylic acids is 1. The van der Waals surface area contributed by atoms with Gasteiger partial charge in [-0.3, -0.25) is 4.79 Å². The zero-order chi connectivity index (χ0) is 13.0. The predicted molar refractivity (Wildman–Crippen MR) is 77.5 cm³/mol. The molecule has 1 aromatic carbocycles. The lowest BCUT2D eigenvalue weighted by molar-refractivity contribution is -0.126. The number of halogens is 1. The molecule has 4 nitrogen and oxygen atoms in total. The molecule has 0 aromatic heterocycles. The number of amides is 1. The number of carbonyl (C=O) groups is 1. The van der Waals surface area contributed by atoms with Gasteiger partial charge >= 0.3 is 0 Å². The highest BCUT2D eigenvalue weighted by Gasteiger charge is 2.22. The molecule has 0 radical (unpaired) electrons. The molecule has 1 aliphatic rings. The van der Waals surface area contributed by atoms with Crippen LogP contribution in [-0.2, 0) is 4.79 Å². The number of piperidine rings is 1. The number of rotatable bonds is 3. The van der Waals surface area contributed by atoms with E-state index in [0.29, 0.717) is 0 Å². The molecule has 0 saturated carbocycles. The summed E-state index contributed by atoms with van der Waals surface area (Å²) < 4.78 is 0. The van der Waals surface area contributed by atoms with E-state index in [1.165, 1.54) is 0 Å². The van der Waals surface area contributed by atoms with E-state index in [0.717, 1.165) is 31.5 Å². The summed E-state index contributed by atoms with van der Waals surface area (Å²) in [4.78, 5) is 12.1. The fourth-order valence-electron chi connectivity index (χ4n) is 2.29. The summed E-state index contributed by atoms with van der Waals surface area (Å²) in [6.07, 6.45) is 1.80. The quantitative estimate of drug-likeness (QED) is 0.795. The topological polar surface area (TPSA) is 61.4 Å². The number of aromatic hydroxyl groups is 1. The predicted octanol–water partition coefficient (Wildman–Crippen LogP) is 1.99. The number of phenols is 1. The second-order valence-electron chi connectivity index (χ2n) is 4.85. The highest BCUT2D eigenvalue weighted by atomic mass is 35.5. The maximum Gasteiger partial charge on any atom is 0.223 e. The van der Waals surface area contributed by atoms with Crippen molar-refractivity contribution in [3.05, 3.63) is 29.8 Å². The molecule has 2 rings (SSSR count). The van der Waals surface area contributed by atoms with Crippen molar-refractivity contribution in [3.8, 4) is 5.75 Å². The van der Waals surface area contributed by atoms with Gasteiger partial charge in [-0.1, -0.05) is 12.1 Å².